The Kier molecular flexibility index (Phi) is 6.77. The first-order valence-electron chi connectivity index (χ1n) is 9.29. The highest BCUT2D eigenvalue weighted by Gasteiger charge is 2.21. The third-order valence-corrected chi connectivity index (χ3v) is 6.17. The van der Waals surface area contributed by atoms with Gasteiger partial charge in [-0.05, 0) is 56.2 Å². The molecule has 0 radical (unpaired) electrons. The SMILES string of the molecule is COCCn1c(SC(C)C(=O)c2ccc(C)c(C)c2)nc2cc(Cl)ccc2c1=O. The Morgan fingerprint density at radius 3 is 2.66 bits per heavy atom. The first-order valence-corrected chi connectivity index (χ1v) is 10.5. The maximum absolute atomic E-state index is 13.0. The van der Waals surface area contributed by atoms with Crippen molar-refractivity contribution in [2.45, 2.75) is 37.7 Å². The summed E-state index contributed by atoms with van der Waals surface area (Å²) in [7, 11) is 1.58. The van der Waals surface area contributed by atoms with Crippen LogP contribution in [0.2, 0.25) is 5.02 Å². The fourth-order valence-electron chi connectivity index (χ4n) is 2.98. The molecule has 2 aromatic carbocycles. The highest BCUT2D eigenvalue weighted by Crippen LogP contribution is 2.26. The fourth-order valence-corrected chi connectivity index (χ4v) is 4.16. The van der Waals surface area contributed by atoms with E-state index in [-0.39, 0.29) is 11.3 Å². The first-order chi connectivity index (χ1) is 13.8. The van der Waals surface area contributed by atoms with Gasteiger partial charge in [-0.2, -0.15) is 0 Å². The molecule has 0 amide bonds. The summed E-state index contributed by atoms with van der Waals surface area (Å²) >= 11 is 7.35. The smallest absolute Gasteiger partial charge is 0.262 e. The molecule has 0 N–H and O–H groups in total. The van der Waals surface area contributed by atoms with Crippen molar-refractivity contribution >= 4 is 40.0 Å². The summed E-state index contributed by atoms with van der Waals surface area (Å²) in [5, 5.41) is 1.07. The summed E-state index contributed by atoms with van der Waals surface area (Å²) in [6, 6.07) is 10.7. The largest absolute Gasteiger partial charge is 0.383 e. The molecule has 0 saturated carbocycles. The number of hydrogen-bond donors (Lipinski definition) is 0. The van der Waals surface area contributed by atoms with Gasteiger partial charge < -0.3 is 4.74 Å². The number of ether oxygens (including phenoxy) is 1. The van der Waals surface area contributed by atoms with Crippen LogP contribution >= 0.6 is 23.4 Å². The lowest BCUT2D eigenvalue weighted by molar-refractivity contribution is 0.0993. The Labute approximate surface area is 179 Å². The second-order valence-corrected chi connectivity index (χ2v) is 8.67. The molecule has 7 heteroatoms. The predicted octanol–water partition coefficient (Wildman–Crippen LogP) is 4.68. The highest BCUT2D eigenvalue weighted by molar-refractivity contribution is 8.00. The average Bonchev–Trinajstić information content (AvgIpc) is 2.69. The predicted molar refractivity (Wildman–Crippen MR) is 118 cm³/mol. The lowest BCUT2D eigenvalue weighted by Crippen LogP contribution is -2.26. The van der Waals surface area contributed by atoms with Crippen molar-refractivity contribution in [3.8, 4) is 0 Å². The Hall–Kier alpha value is -2.15. The van der Waals surface area contributed by atoms with E-state index in [0.717, 1.165) is 11.1 Å². The molecule has 0 aliphatic heterocycles. The molecule has 1 aromatic heterocycles. The van der Waals surface area contributed by atoms with Crippen LogP contribution in [0.4, 0.5) is 0 Å². The second-order valence-electron chi connectivity index (χ2n) is 6.93. The molecule has 29 heavy (non-hydrogen) atoms. The molecule has 0 aliphatic rings. The Morgan fingerprint density at radius 1 is 1.21 bits per heavy atom. The van der Waals surface area contributed by atoms with Crippen LogP contribution in [-0.2, 0) is 11.3 Å². The van der Waals surface area contributed by atoms with Crippen molar-refractivity contribution in [2.75, 3.05) is 13.7 Å². The van der Waals surface area contributed by atoms with Gasteiger partial charge in [0.05, 0.1) is 29.3 Å². The number of ketones is 1. The maximum Gasteiger partial charge on any atom is 0.262 e. The molecule has 0 bridgehead atoms. The zero-order valence-electron chi connectivity index (χ0n) is 16.9. The van der Waals surface area contributed by atoms with Gasteiger partial charge in [0, 0.05) is 17.7 Å². The zero-order valence-corrected chi connectivity index (χ0v) is 18.4. The molecular formula is C22H23ClN2O3S. The van der Waals surface area contributed by atoms with Crippen molar-refractivity contribution in [1.29, 1.82) is 0 Å². The number of aryl methyl sites for hydroxylation is 2. The fraction of sp³-hybridized carbons (Fsp3) is 0.318. The van der Waals surface area contributed by atoms with Gasteiger partial charge in [0.2, 0.25) is 0 Å². The van der Waals surface area contributed by atoms with E-state index in [9.17, 15) is 9.59 Å². The van der Waals surface area contributed by atoms with Gasteiger partial charge in [-0.3, -0.25) is 14.2 Å². The van der Waals surface area contributed by atoms with Gasteiger partial charge in [-0.1, -0.05) is 35.5 Å². The number of thioether (sulfide) groups is 1. The first kappa shape index (κ1) is 21.6. The number of carbonyl (C=O) groups is 1. The van der Waals surface area contributed by atoms with Crippen molar-refractivity contribution in [2.24, 2.45) is 0 Å². The zero-order chi connectivity index (χ0) is 21.1. The van der Waals surface area contributed by atoms with E-state index in [0.29, 0.717) is 39.8 Å². The lowest BCUT2D eigenvalue weighted by Gasteiger charge is -2.16. The van der Waals surface area contributed by atoms with Crippen LogP contribution in [0.3, 0.4) is 0 Å². The molecule has 0 spiro atoms. The van der Waals surface area contributed by atoms with Crippen LogP contribution < -0.4 is 5.56 Å². The quantitative estimate of drug-likeness (QED) is 0.309. The summed E-state index contributed by atoms with van der Waals surface area (Å²) in [4.78, 5) is 30.6. The van der Waals surface area contributed by atoms with E-state index < -0.39 is 5.25 Å². The number of aromatic nitrogens is 2. The monoisotopic (exact) mass is 430 g/mol. The third-order valence-electron chi connectivity index (χ3n) is 4.84. The lowest BCUT2D eigenvalue weighted by atomic mass is 10.0. The summed E-state index contributed by atoms with van der Waals surface area (Å²) in [6.45, 7) is 6.56. The minimum absolute atomic E-state index is 0.00293. The van der Waals surface area contributed by atoms with E-state index in [1.165, 1.54) is 11.8 Å². The molecule has 0 fully saturated rings. The van der Waals surface area contributed by atoms with Crippen LogP contribution in [-0.4, -0.2) is 34.3 Å². The molecule has 1 atom stereocenters. The Bertz CT molecular complexity index is 1130. The van der Waals surface area contributed by atoms with E-state index in [1.54, 1.807) is 29.9 Å². The minimum atomic E-state index is -0.408. The van der Waals surface area contributed by atoms with E-state index in [1.807, 2.05) is 39.0 Å². The van der Waals surface area contributed by atoms with Gasteiger partial charge in [-0.25, -0.2) is 4.98 Å². The van der Waals surface area contributed by atoms with Gasteiger partial charge in [0.25, 0.3) is 5.56 Å². The number of carbonyl (C=O) groups excluding carboxylic acids is 1. The van der Waals surface area contributed by atoms with Gasteiger partial charge >= 0.3 is 0 Å². The standard InChI is InChI=1S/C22H23ClN2O3S/c1-13-5-6-16(11-14(13)2)20(26)15(3)29-22-24-19-12-17(23)7-8-18(19)21(27)25(22)9-10-28-4/h5-8,11-12,15H,9-10H2,1-4H3. The third kappa shape index (κ3) is 4.71. The molecular weight excluding hydrogens is 408 g/mol. The number of nitrogens with zero attached hydrogens (tertiary/aromatic N) is 2. The van der Waals surface area contributed by atoms with Crippen LogP contribution in [0.15, 0.2) is 46.3 Å². The van der Waals surface area contributed by atoms with E-state index in [2.05, 4.69) is 4.98 Å². The molecule has 1 unspecified atom stereocenters. The van der Waals surface area contributed by atoms with Crippen molar-refractivity contribution in [3.63, 3.8) is 0 Å². The molecule has 1 heterocycles. The molecule has 5 nitrogen and oxygen atoms in total. The second kappa shape index (κ2) is 9.11. The molecule has 0 saturated heterocycles. The Balaban J connectivity index is 1.99. The van der Waals surface area contributed by atoms with Crippen molar-refractivity contribution in [1.82, 2.24) is 9.55 Å². The van der Waals surface area contributed by atoms with Crippen molar-refractivity contribution in [3.05, 3.63) is 68.5 Å². The van der Waals surface area contributed by atoms with Gasteiger partial charge in [0.15, 0.2) is 10.9 Å². The molecule has 152 valence electrons. The summed E-state index contributed by atoms with van der Waals surface area (Å²) in [6.07, 6.45) is 0. The normalized spacial score (nSPS) is 12.3. The van der Waals surface area contributed by atoms with Crippen LogP contribution in [0, 0.1) is 13.8 Å². The van der Waals surface area contributed by atoms with E-state index >= 15 is 0 Å². The maximum atomic E-state index is 13.0. The van der Waals surface area contributed by atoms with Crippen LogP contribution in [0.5, 0.6) is 0 Å². The van der Waals surface area contributed by atoms with Gasteiger partial charge in [-0.15, -0.1) is 0 Å². The number of rotatable bonds is 7. The van der Waals surface area contributed by atoms with E-state index in [4.69, 9.17) is 16.3 Å². The Morgan fingerprint density at radius 2 is 1.97 bits per heavy atom. The summed E-state index contributed by atoms with van der Waals surface area (Å²) < 4.78 is 6.71. The number of fused-ring (bicyclic) bond motifs is 1. The number of methoxy groups -OCH3 is 1. The molecule has 0 aliphatic carbocycles. The summed E-state index contributed by atoms with van der Waals surface area (Å²) in [5.74, 6) is -0.00293. The van der Waals surface area contributed by atoms with Crippen molar-refractivity contribution < 1.29 is 9.53 Å². The highest BCUT2D eigenvalue weighted by atomic mass is 35.5. The number of halogens is 1. The number of Topliss-reactive ketones (excluding diaryl/α,β-unsaturated/α-hetero) is 1. The number of hydrogen-bond acceptors (Lipinski definition) is 5. The van der Waals surface area contributed by atoms with Gasteiger partial charge in [0.1, 0.15) is 0 Å². The summed E-state index contributed by atoms with van der Waals surface area (Å²) in [5.41, 5.74) is 3.22. The molecule has 3 rings (SSSR count). The molecule has 3 aromatic rings. The number of benzene rings is 2. The minimum Gasteiger partial charge on any atom is -0.383 e. The van der Waals surface area contributed by atoms with Crippen LogP contribution in [0.1, 0.15) is 28.4 Å². The topological polar surface area (TPSA) is 61.2 Å². The average molecular weight is 431 g/mol. The van der Waals surface area contributed by atoms with Crippen LogP contribution in [0.25, 0.3) is 10.9 Å².